The fourth-order valence-electron chi connectivity index (χ4n) is 3.24. The average molecular weight is 257 g/mol. The fourth-order valence-corrected chi connectivity index (χ4v) is 3.80. The van der Waals surface area contributed by atoms with Crippen LogP contribution in [0.2, 0.25) is 0 Å². The molecular weight excluding hydrogens is 238 g/mol. The van der Waals surface area contributed by atoms with E-state index in [0.717, 1.165) is 30.6 Å². The van der Waals surface area contributed by atoms with Crippen LogP contribution in [0.3, 0.4) is 0 Å². The Morgan fingerprint density at radius 3 is 2.18 bits per heavy atom. The molecule has 3 heterocycles. The zero-order valence-electron chi connectivity index (χ0n) is 9.89. The third kappa shape index (κ3) is 1.68. The summed E-state index contributed by atoms with van der Waals surface area (Å²) in [5, 5.41) is 12.2. The predicted octanol–water partition coefficient (Wildman–Crippen LogP) is 1.60. The van der Waals surface area contributed by atoms with Crippen molar-refractivity contribution in [3.8, 4) is 0 Å². The second kappa shape index (κ2) is 4.24. The van der Waals surface area contributed by atoms with Crippen molar-refractivity contribution < 1.29 is 14.7 Å². The molecule has 2 spiro atoms. The molecule has 0 saturated carbocycles. The Labute approximate surface area is 107 Å². The molecule has 0 radical (unpaired) electrons. The maximum Gasteiger partial charge on any atom is 0.0815 e. The summed E-state index contributed by atoms with van der Waals surface area (Å²) in [6.07, 6.45) is 5.47. The number of rotatable bonds is 0. The van der Waals surface area contributed by atoms with Crippen LogP contribution >= 0.6 is 12.6 Å². The number of hydrogen-bond acceptors (Lipinski definition) is 5. The zero-order valence-corrected chi connectivity index (χ0v) is 10.8. The topological polar surface area (TPSA) is 41.9 Å². The van der Waals surface area contributed by atoms with Crippen molar-refractivity contribution in [3.05, 3.63) is 11.0 Å². The van der Waals surface area contributed by atoms with E-state index < -0.39 is 0 Å². The number of nitrogens with zero attached hydrogens (tertiary/aromatic N) is 1. The smallest absolute Gasteiger partial charge is 0.0815 e. The molecule has 0 aromatic carbocycles. The van der Waals surface area contributed by atoms with Gasteiger partial charge >= 0.3 is 0 Å². The standard InChI is InChI=1S/C12H19NO3S/c14-13-11(1-5-15-6-2-11)9-10(17)12(13)3-7-16-8-4-12/h9,14,17H,1-8H2. The lowest BCUT2D eigenvalue weighted by molar-refractivity contribution is -0.235. The Morgan fingerprint density at radius 1 is 1.06 bits per heavy atom. The Morgan fingerprint density at radius 2 is 1.59 bits per heavy atom. The first kappa shape index (κ1) is 12.0. The molecule has 0 bridgehead atoms. The minimum Gasteiger partial charge on any atom is -0.381 e. The lowest BCUT2D eigenvalue weighted by Crippen LogP contribution is -2.57. The summed E-state index contributed by atoms with van der Waals surface area (Å²) in [7, 11) is 0. The van der Waals surface area contributed by atoms with Crippen LogP contribution in [0.1, 0.15) is 25.7 Å². The Kier molecular flexibility index (Phi) is 2.99. The van der Waals surface area contributed by atoms with E-state index in [-0.39, 0.29) is 11.1 Å². The largest absolute Gasteiger partial charge is 0.381 e. The number of hydrogen-bond donors (Lipinski definition) is 2. The van der Waals surface area contributed by atoms with Gasteiger partial charge < -0.3 is 14.7 Å². The van der Waals surface area contributed by atoms with E-state index in [9.17, 15) is 5.21 Å². The van der Waals surface area contributed by atoms with Gasteiger partial charge in [-0.25, -0.2) is 0 Å². The summed E-state index contributed by atoms with van der Waals surface area (Å²) in [6.45, 7) is 2.81. The minimum atomic E-state index is -0.307. The molecule has 2 saturated heterocycles. The van der Waals surface area contributed by atoms with Gasteiger partial charge in [0.1, 0.15) is 0 Å². The molecule has 4 nitrogen and oxygen atoms in total. The molecule has 0 atom stereocenters. The van der Waals surface area contributed by atoms with Gasteiger partial charge in [0.25, 0.3) is 0 Å². The monoisotopic (exact) mass is 257 g/mol. The van der Waals surface area contributed by atoms with Gasteiger partial charge in [-0.1, -0.05) is 6.08 Å². The van der Waals surface area contributed by atoms with Gasteiger partial charge in [0.2, 0.25) is 0 Å². The van der Waals surface area contributed by atoms with Crippen LogP contribution in [0, 0.1) is 0 Å². The SMILES string of the molecule is ON1C2(C=C(S)C13CCOCC3)CCOCC2. The van der Waals surface area contributed by atoms with E-state index in [2.05, 4.69) is 18.7 Å². The molecule has 0 aliphatic carbocycles. The maximum atomic E-state index is 10.7. The lowest BCUT2D eigenvalue weighted by atomic mass is 9.88. The molecule has 0 aromatic rings. The summed E-state index contributed by atoms with van der Waals surface area (Å²) in [4.78, 5) is 1.00. The Hall–Kier alpha value is -0.0700. The molecule has 2 fully saturated rings. The zero-order chi connectivity index (χ0) is 11.9. The average Bonchev–Trinajstić information content (AvgIpc) is 2.55. The van der Waals surface area contributed by atoms with Crippen LogP contribution in [0.4, 0.5) is 0 Å². The van der Waals surface area contributed by atoms with E-state index in [1.807, 2.05) is 0 Å². The molecule has 96 valence electrons. The second-order valence-electron chi connectivity index (χ2n) is 5.20. The summed E-state index contributed by atoms with van der Waals surface area (Å²) < 4.78 is 10.8. The molecule has 3 rings (SSSR count). The maximum absolute atomic E-state index is 10.7. The molecule has 0 aromatic heterocycles. The van der Waals surface area contributed by atoms with Crippen LogP contribution in [-0.4, -0.2) is 47.8 Å². The van der Waals surface area contributed by atoms with Crippen LogP contribution < -0.4 is 0 Å². The molecule has 1 N–H and O–H groups in total. The van der Waals surface area contributed by atoms with Gasteiger partial charge in [-0.05, 0) is 25.7 Å². The van der Waals surface area contributed by atoms with Crippen molar-refractivity contribution in [2.75, 3.05) is 26.4 Å². The number of thiol groups is 1. The van der Waals surface area contributed by atoms with Crippen molar-refractivity contribution in [1.29, 1.82) is 0 Å². The highest BCUT2D eigenvalue weighted by molar-refractivity contribution is 7.84. The molecule has 17 heavy (non-hydrogen) atoms. The highest BCUT2D eigenvalue weighted by Gasteiger charge is 2.55. The molecular formula is C12H19NO3S. The summed E-state index contributed by atoms with van der Waals surface area (Å²) in [5.41, 5.74) is -0.564. The van der Waals surface area contributed by atoms with Crippen LogP contribution in [-0.2, 0) is 9.47 Å². The van der Waals surface area contributed by atoms with Crippen molar-refractivity contribution >= 4 is 12.6 Å². The van der Waals surface area contributed by atoms with Gasteiger partial charge in [-0.3, -0.25) is 0 Å². The van der Waals surface area contributed by atoms with Crippen LogP contribution in [0.5, 0.6) is 0 Å². The van der Waals surface area contributed by atoms with E-state index >= 15 is 0 Å². The van der Waals surface area contributed by atoms with Crippen molar-refractivity contribution in [2.45, 2.75) is 36.8 Å². The van der Waals surface area contributed by atoms with E-state index in [0.29, 0.717) is 26.4 Å². The predicted molar refractivity (Wildman–Crippen MR) is 66.3 cm³/mol. The lowest BCUT2D eigenvalue weighted by Gasteiger charge is -2.46. The Balaban J connectivity index is 1.91. The molecule has 5 heteroatoms. The first-order chi connectivity index (χ1) is 8.20. The van der Waals surface area contributed by atoms with E-state index in [4.69, 9.17) is 9.47 Å². The molecule has 0 amide bonds. The van der Waals surface area contributed by atoms with Crippen molar-refractivity contribution in [1.82, 2.24) is 5.06 Å². The number of hydroxylamine groups is 2. The van der Waals surface area contributed by atoms with Crippen molar-refractivity contribution in [2.24, 2.45) is 0 Å². The molecule has 0 unspecified atom stereocenters. The summed E-state index contributed by atoms with van der Waals surface area (Å²) >= 11 is 4.63. The highest BCUT2D eigenvalue weighted by Crippen LogP contribution is 2.49. The fraction of sp³-hybridized carbons (Fsp3) is 0.833. The van der Waals surface area contributed by atoms with Gasteiger partial charge in [0.05, 0.1) is 11.1 Å². The number of ether oxygens (including phenoxy) is 2. The van der Waals surface area contributed by atoms with E-state index in [1.54, 1.807) is 5.06 Å². The Bertz CT molecular complexity index is 333. The van der Waals surface area contributed by atoms with Crippen LogP contribution in [0.15, 0.2) is 11.0 Å². The molecule has 3 aliphatic heterocycles. The van der Waals surface area contributed by atoms with Gasteiger partial charge in [0.15, 0.2) is 0 Å². The van der Waals surface area contributed by atoms with Crippen molar-refractivity contribution in [3.63, 3.8) is 0 Å². The quantitative estimate of drug-likeness (QED) is 0.647. The van der Waals surface area contributed by atoms with Gasteiger partial charge in [-0.2, -0.15) is 5.06 Å². The summed E-state index contributed by atoms with van der Waals surface area (Å²) in [5.74, 6) is 0. The third-order valence-electron chi connectivity index (χ3n) is 4.39. The minimum absolute atomic E-state index is 0.257. The van der Waals surface area contributed by atoms with Gasteiger partial charge in [-0.15, -0.1) is 12.6 Å². The molecule has 3 aliphatic rings. The second-order valence-corrected chi connectivity index (χ2v) is 5.68. The normalized spacial score (nSPS) is 32.0. The third-order valence-corrected chi connectivity index (χ3v) is 4.93. The van der Waals surface area contributed by atoms with Crippen LogP contribution in [0.25, 0.3) is 0 Å². The summed E-state index contributed by atoms with van der Waals surface area (Å²) in [6, 6.07) is 0. The highest BCUT2D eigenvalue weighted by atomic mass is 32.1. The van der Waals surface area contributed by atoms with E-state index in [1.165, 1.54) is 0 Å². The van der Waals surface area contributed by atoms with Gasteiger partial charge in [0, 0.05) is 31.3 Å². The first-order valence-electron chi connectivity index (χ1n) is 6.27. The first-order valence-corrected chi connectivity index (χ1v) is 6.71.